The molecule has 3 amide bonds. The van der Waals surface area contributed by atoms with E-state index in [1.165, 1.54) is 13.2 Å². The zero-order chi connectivity index (χ0) is 16.7. The summed E-state index contributed by atoms with van der Waals surface area (Å²) in [6, 6.07) is 6.25. The SMILES string of the molecule is COCCNC(=O)NC(=O)CN(Cc1ccccc1F)C1CC1. The maximum atomic E-state index is 13.8. The number of urea groups is 1. The van der Waals surface area contributed by atoms with Crippen molar-refractivity contribution in [1.82, 2.24) is 15.5 Å². The Bertz CT molecular complexity index is 549. The molecule has 7 heteroatoms. The minimum absolute atomic E-state index is 0.0662. The molecule has 1 fully saturated rings. The van der Waals surface area contributed by atoms with E-state index in [0.717, 1.165) is 12.8 Å². The number of nitrogens with zero attached hydrogens (tertiary/aromatic N) is 1. The standard InChI is InChI=1S/C16H22FN3O3/c1-23-9-8-18-16(22)19-15(21)11-20(13-6-7-13)10-12-4-2-3-5-14(12)17/h2-5,13H,6-11H2,1H3,(H2,18,19,21,22). The molecular formula is C16H22FN3O3. The van der Waals surface area contributed by atoms with Gasteiger partial charge in [0.05, 0.1) is 13.2 Å². The second kappa shape index (κ2) is 8.59. The smallest absolute Gasteiger partial charge is 0.321 e. The van der Waals surface area contributed by atoms with Crippen molar-refractivity contribution in [3.8, 4) is 0 Å². The Morgan fingerprint density at radius 3 is 2.74 bits per heavy atom. The molecule has 2 rings (SSSR count). The second-order valence-electron chi connectivity index (χ2n) is 5.52. The molecule has 1 aromatic rings. The number of benzene rings is 1. The monoisotopic (exact) mass is 323 g/mol. The quantitative estimate of drug-likeness (QED) is 0.707. The van der Waals surface area contributed by atoms with E-state index in [0.29, 0.717) is 25.3 Å². The van der Waals surface area contributed by atoms with Gasteiger partial charge in [-0.05, 0) is 18.9 Å². The van der Waals surface area contributed by atoms with Crippen LogP contribution in [0.3, 0.4) is 0 Å². The number of carbonyl (C=O) groups is 2. The Morgan fingerprint density at radius 2 is 2.09 bits per heavy atom. The number of carbonyl (C=O) groups excluding carboxylic acids is 2. The maximum Gasteiger partial charge on any atom is 0.321 e. The zero-order valence-electron chi connectivity index (χ0n) is 13.2. The molecule has 1 saturated carbocycles. The highest BCUT2D eigenvalue weighted by Crippen LogP contribution is 2.28. The van der Waals surface area contributed by atoms with Crippen LogP contribution in [-0.4, -0.2) is 49.7 Å². The van der Waals surface area contributed by atoms with Crippen LogP contribution in [0.1, 0.15) is 18.4 Å². The van der Waals surface area contributed by atoms with E-state index in [4.69, 9.17) is 4.74 Å². The van der Waals surface area contributed by atoms with E-state index in [9.17, 15) is 14.0 Å². The molecule has 6 nitrogen and oxygen atoms in total. The van der Waals surface area contributed by atoms with E-state index in [1.807, 2.05) is 4.90 Å². The maximum absolute atomic E-state index is 13.8. The highest BCUT2D eigenvalue weighted by atomic mass is 19.1. The Hall–Kier alpha value is -1.99. The van der Waals surface area contributed by atoms with E-state index >= 15 is 0 Å². The molecule has 1 aliphatic carbocycles. The van der Waals surface area contributed by atoms with Crippen molar-refractivity contribution in [3.05, 3.63) is 35.6 Å². The molecule has 0 bridgehead atoms. The van der Waals surface area contributed by atoms with Gasteiger partial charge in [-0.2, -0.15) is 0 Å². The molecule has 0 saturated heterocycles. The van der Waals surface area contributed by atoms with E-state index < -0.39 is 11.9 Å². The number of halogens is 1. The Balaban J connectivity index is 1.83. The lowest BCUT2D eigenvalue weighted by atomic mass is 10.2. The minimum Gasteiger partial charge on any atom is -0.383 e. The number of imide groups is 1. The number of nitrogens with one attached hydrogen (secondary N) is 2. The van der Waals surface area contributed by atoms with E-state index in [2.05, 4.69) is 10.6 Å². The summed E-state index contributed by atoms with van der Waals surface area (Å²) in [4.78, 5) is 25.4. The van der Waals surface area contributed by atoms with Crippen molar-refractivity contribution in [2.24, 2.45) is 0 Å². The van der Waals surface area contributed by atoms with Gasteiger partial charge >= 0.3 is 6.03 Å². The number of hydrogen-bond donors (Lipinski definition) is 2. The van der Waals surface area contributed by atoms with Crippen LogP contribution in [0.2, 0.25) is 0 Å². The topological polar surface area (TPSA) is 70.7 Å². The first-order valence-electron chi connectivity index (χ1n) is 7.64. The normalized spacial score (nSPS) is 13.9. The first kappa shape index (κ1) is 17.4. The van der Waals surface area contributed by atoms with Crippen molar-refractivity contribution in [1.29, 1.82) is 0 Å². The van der Waals surface area contributed by atoms with Gasteiger partial charge in [-0.25, -0.2) is 9.18 Å². The van der Waals surface area contributed by atoms with Gasteiger partial charge in [0.1, 0.15) is 5.82 Å². The summed E-state index contributed by atoms with van der Waals surface area (Å²) in [7, 11) is 1.53. The summed E-state index contributed by atoms with van der Waals surface area (Å²) in [6.07, 6.45) is 1.98. The number of amides is 3. The van der Waals surface area contributed by atoms with Crippen LogP contribution in [0.5, 0.6) is 0 Å². The van der Waals surface area contributed by atoms with Crippen LogP contribution >= 0.6 is 0 Å². The van der Waals surface area contributed by atoms with Gasteiger partial charge in [0, 0.05) is 31.8 Å². The summed E-state index contributed by atoms with van der Waals surface area (Å²) < 4.78 is 18.6. The van der Waals surface area contributed by atoms with Crippen molar-refractivity contribution in [3.63, 3.8) is 0 Å². The van der Waals surface area contributed by atoms with Crippen molar-refractivity contribution >= 4 is 11.9 Å². The third-order valence-corrected chi connectivity index (χ3v) is 3.59. The van der Waals surface area contributed by atoms with Crippen LogP contribution in [0.25, 0.3) is 0 Å². The van der Waals surface area contributed by atoms with Crippen molar-refractivity contribution < 1.29 is 18.7 Å². The molecule has 126 valence electrons. The molecule has 1 aromatic carbocycles. The lowest BCUT2D eigenvalue weighted by Crippen LogP contribution is -2.45. The van der Waals surface area contributed by atoms with Gasteiger partial charge < -0.3 is 10.1 Å². The molecule has 23 heavy (non-hydrogen) atoms. The number of methoxy groups -OCH3 is 1. The lowest BCUT2D eigenvalue weighted by Gasteiger charge is -2.21. The predicted molar refractivity (Wildman–Crippen MR) is 83.2 cm³/mol. The Kier molecular flexibility index (Phi) is 6.49. The molecule has 0 aliphatic heterocycles. The molecule has 0 radical (unpaired) electrons. The largest absolute Gasteiger partial charge is 0.383 e. The van der Waals surface area contributed by atoms with Crippen molar-refractivity contribution in [2.75, 3.05) is 26.8 Å². The fraction of sp³-hybridized carbons (Fsp3) is 0.500. The van der Waals surface area contributed by atoms with E-state index in [-0.39, 0.29) is 18.4 Å². The third kappa shape index (κ3) is 5.96. The number of hydrogen-bond acceptors (Lipinski definition) is 4. The lowest BCUT2D eigenvalue weighted by molar-refractivity contribution is -0.121. The van der Waals surface area contributed by atoms with Crippen LogP contribution in [0.15, 0.2) is 24.3 Å². The number of rotatable bonds is 8. The van der Waals surface area contributed by atoms with Crippen LogP contribution in [0, 0.1) is 5.82 Å². The summed E-state index contributed by atoms with van der Waals surface area (Å²) in [5, 5.41) is 4.79. The highest BCUT2D eigenvalue weighted by Gasteiger charge is 2.31. The highest BCUT2D eigenvalue weighted by molar-refractivity contribution is 5.95. The molecule has 0 aromatic heterocycles. The average molecular weight is 323 g/mol. The van der Waals surface area contributed by atoms with Gasteiger partial charge in [-0.3, -0.25) is 15.0 Å². The minimum atomic E-state index is -0.548. The Morgan fingerprint density at radius 1 is 1.35 bits per heavy atom. The zero-order valence-corrected chi connectivity index (χ0v) is 13.2. The molecule has 0 spiro atoms. The van der Waals surface area contributed by atoms with Crippen LogP contribution < -0.4 is 10.6 Å². The van der Waals surface area contributed by atoms with Gasteiger partial charge in [0.25, 0.3) is 0 Å². The number of ether oxygens (including phenoxy) is 1. The Labute approximate surface area is 135 Å². The molecule has 1 aliphatic rings. The van der Waals surface area contributed by atoms with Gasteiger partial charge in [0.15, 0.2) is 0 Å². The third-order valence-electron chi connectivity index (χ3n) is 3.59. The van der Waals surface area contributed by atoms with Crippen LogP contribution in [0.4, 0.5) is 9.18 Å². The van der Waals surface area contributed by atoms with Gasteiger partial charge in [0.2, 0.25) is 5.91 Å². The fourth-order valence-corrected chi connectivity index (χ4v) is 2.26. The average Bonchev–Trinajstić information content (AvgIpc) is 3.33. The molecule has 2 N–H and O–H groups in total. The summed E-state index contributed by atoms with van der Waals surface area (Å²) >= 11 is 0. The van der Waals surface area contributed by atoms with Crippen LogP contribution in [-0.2, 0) is 16.1 Å². The molecule has 0 atom stereocenters. The summed E-state index contributed by atoms with van der Waals surface area (Å²) in [5.74, 6) is -0.681. The van der Waals surface area contributed by atoms with E-state index in [1.54, 1.807) is 18.2 Å². The van der Waals surface area contributed by atoms with Crippen molar-refractivity contribution in [2.45, 2.75) is 25.4 Å². The molecule has 0 heterocycles. The first-order chi connectivity index (χ1) is 11.1. The second-order valence-corrected chi connectivity index (χ2v) is 5.52. The summed E-state index contributed by atoms with van der Waals surface area (Å²) in [5.41, 5.74) is 0.553. The van der Waals surface area contributed by atoms with Gasteiger partial charge in [-0.1, -0.05) is 18.2 Å². The summed E-state index contributed by atoms with van der Waals surface area (Å²) in [6.45, 7) is 1.13. The molecular weight excluding hydrogens is 301 g/mol. The predicted octanol–water partition coefficient (Wildman–Crippen LogP) is 1.26. The fourth-order valence-electron chi connectivity index (χ4n) is 2.26. The van der Waals surface area contributed by atoms with Gasteiger partial charge in [-0.15, -0.1) is 0 Å². The first-order valence-corrected chi connectivity index (χ1v) is 7.64. The molecule has 0 unspecified atom stereocenters.